The van der Waals surface area contributed by atoms with Crippen molar-refractivity contribution in [2.45, 2.75) is 32.1 Å². The van der Waals surface area contributed by atoms with Crippen LogP contribution in [-0.2, 0) is 0 Å². The molecule has 0 aromatic carbocycles. The highest BCUT2D eigenvalue weighted by molar-refractivity contribution is 6.29. The molecule has 104 valence electrons. The Morgan fingerprint density at radius 2 is 2.11 bits per heavy atom. The first-order chi connectivity index (χ1) is 9.19. The number of hydrogen-bond donors (Lipinski definition) is 2. The third kappa shape index (κ3) is 4.10. The van der Waals surface area contributed by atoms with E-state index in [9.17, 15) is 4.79 Å². The lowest BCUT2D eigenvalue weighted by molar-refractivity contribution is 0.0943. The minimum Gasteiger partial charge on any atom is -0.373 e. The number of rotatable bonds is 4. The number of halogens is 1. The van der Waals surface area contributed by atoms with Gasteiger partial charge in [0.25, 0.3) is 5.91 Å². The summed E-state index contributed by atoms with van der Waals surface area (Å²) in [5, 5.41) is 6.22. The highest BCUT2D eigenvalue weighted by atomic mass is 35.5. The molecule has 0 atom stereocenters. The maximum atomic E-state index is 12.1. The van der Waals surface area contributed by atoms with Crippen LogP contribution in [0.3, 0.4) is 0 Å². The van der Waals surface area contributed by atoms with Gasteiger partial charge in [0.05, 0.1) is 0 Å². The minimum absolute atomic E-state index is 0.0774. The first kappa shape index (κ1) is 14.1. The van der Waals surface area contributed by atoms with Crippen molar-refractivity contribution in [1.29, 1.82) is 0 Å². The Kier molecular flexibility index (Phi) is 5.02. The number of nitrogens with zero attached hydrogens (tertiary/aromatic N) is 1. The molecule has 1 aliphatic carbocycles. The van der Waals surface area contributed by atoms with E-state index in [1.165, 1.54) is 32.1 Å². The molecular weight excluding hydrogens is 262 g/mol. The van der Waals surface area contributed by atoms with Crippen molar-refractivity contribution in [3.05, 3.63) is 22.8 Å². The summed E-state index contributed by atoms with van der Waals surface area (Å²) >= 11 is 5.89. The molecule has 0 aliphatic heterocycles. The summed E-state index contributed by atoms with van der Waals surface area (Å²) in [5.74, 6) is 1.15. The van der Waals surface area contributed by atoms with E-state index in [2.05, 4.69) is 15.6 Å². The SMILES string of the molecule is CNc1cc(C(=O)NCC2CCCCC2)cc(Cl)n1. The van der Waals surface area contributed by atoms with E-state index < -0.39 is 0 Å². The quantitative estimate of drug-likeness (QED) is 0.834. The van der Waals surface area contributed by atoms with Gasteiger partial charge in [0, 0.05) is 19.2 Å². The number of carbonyl (C=O) groups excluding carboxylic acids is 1. The summed E-state index contributed by atoms with van der Waals surface area (Å²) in [6, 6.07) is 3.31. The standard InChI is InChI=1S/C14H20ClN3O/c1-16-13-8-11(7-12(15)18-13)14(19)17-9-10-5-3-2-4-6-10/h7-8,10H,2-6,9H2,1H3,(H,16,18)(H,17,19). The second-order valence-corrected chi connectivity index (χ2v) is 5.42. The smallest absolute Gasteiger partial charge is 0.251 e. The Morgan fingerprint density at radius 1 is 1.37 bits per heavy atom. The van der Waals surface area contributed by atoms with E-state index in [0.29, 0.717) is 22.5 Å². The Morgan fingerprint density at radius 3 is 2.79 bits per heavy atom. The fourth-order valence-electron chi connectivity index (χ4n) is 2.49. The largest absolute Gasteiger partial charge is 0.373 e. The summed E-state index contributed by atoms with van der Waals surface area (Å²) in [4.78, 5) is 16.1. The zero-order valence-corrected chi connectivity index (χ0v) is 12.0. The molecule has 1 aromatic rings. The number of nitrogens with one attached hydrogen (secondary N) is 2. The lowest BCUT2D eigenvalue weighted by atomic mass is 9.89. The van der Waals surface area contributed by atoms with E-state index in [0.717, 1.165) is 6.54 Å². The van der Waals surface area contributed by atoms with Crippen LogP contribution in [0.5, 0.6) is 0 Å². The highest BCUT2D eigenvalue weighted by Crippen LogP contribution is 2.23. The molecule has 5 heteroatoms. The van der Waals surface area contributed by atoms with Gasteiger partial charge in [-0.25, -0.2) is 4.98 Å². The number of aromatic nitrogens is 1. The van der Waals surface area contributed by atoms with Gasteiger partial charge >= 0.3 is 0 Å². The van der Waals surface area contributed by atoms with Crippen LogP contribution in [0.1, 0.15) is 42.5 Å². The molecule has 1 heterocycles. The highest BCUT2D eigenvalue weighted by Gasteiger charge is 2.15. The average molecular weight is 282 g/mol. The van der Waals surface area contributed by atoms with E-state index in [1.807, 2.05) is 0 Å². The molecule has 0 spiro atoms. The Bertz CT molecular complexity index is 444. The topological polar surface area (TPSA) is 54.0 Å². The molecule has 0 radical (unpaired) electrons. The molecule has 1 amide bonds. The van der Waals surface area contributed by atoms with Crippen LogP contribution in [0.2, 0.25) is 5.15 Å². The van der Waals surface area contributed by atoms with Gasteiger partial charge in [0.2, 0.25) is 0 Å². The molecule has 2 N–H and O–H groups in total. The van der Waals surface area contributed by atoms with Gasteiger partial charge in [-0.05, 0) is 30.9 Å². The van der Waals surface area contributed by atoms with Crippen LogP contribution in [0, 0.1) is 5.92 Å². The van der Waals surface area contributed by atoms with Gasteiger partial charge in [-0.1, -0.05) is 30.9 Å². The van der Waals surface area contributed by atoms with Gasteiger partial charge in [-0.3, -0.25) is 4.79 Å². The Hall–Kier alpha value is -1.29. The van der Waals surface area contributed by atoms with Crippen molar-refractivity contribution < 1.29 is 4.79 Å². The number of hydrogen-bond acceptors (Lipinski definition) is 3. The summed E-state index contributed by atoms with van der Waals surface area (Å²) in [6.07, 6.45) is 6.34. The van der Waals surface area contributed by atoms with Crippen molar-refractivity contribution in [3.63, 3.8) is 0 Å². The molecule has 0 unspecified atom stereocenters. The van der Waals surface area contributed by atoms with Crippen molar-refractivity contribution >= 4 is 23.3 Å². The average Bonchev–Trinajstić information content (AvgIpc) is 2.45. The lowest BCUT2D eigenvalue weighted by Gasteiger charge is -2.21. The van der Waals surface area contributed by atoms with Crippen LogP contribution in [-0.4, -0.2) is 24.5 Å². The van der Waals surface area contributed by atoms with Gasteiger partial charge in [-0.15, -0.1) is 0 Å². The Labute approximate surface area is 118 Å². The number of pyridine rings is 1. The summed E-state index contributed by atoms with van der Waals surface area (Å²) in [7, 11) is 1.75. The molecule has 19 heavy (non-hydrogen) atoms. The fourth-order valence-corrected chi connectivity index (χ4v) is 2.70. The second kappa shape index (κ2) is 6.75. The zero-order valence-electron chi connectivity index (χ0n) is 11.2. The van der Waals surface area contributed by atoms with Crippen molar-refractivity contribution in [3.8, 4) is 0 Å². The van der Waals surface area contributed by atoms with Gasteiger partial charge in [0.15, 0.2) is 0 Å². The van der Waals surface area contributed by atoms with Gasteiger partial charge in [-0.2, -0.15) is 0 Å². The number of anilines is 1. The predicted octanol–water partition coefficient (Wildman–Crippen LogP) is 3.09. The van der Waals surface area contributed by atoms with E-state index >= 15 is 0 Å². The lowest BCUT2D eigenvalue weighted by Crippen LogP contribution is -2.30. The first-order valence-corrected chi connectivity index (χ1v) is 7.20. The molecular formula is C14H20ClN3O. The molecule has 0 bridgehead atoms. The van der Waals surface area contributed by atoms with Crippen molar-refractivity contribution in [2.75, 3.05) is 18.9 Å². The van der Waals surface area contributed by atoms with Gasteiger partial charge < -0.3 is 10.6 Å². The molecule has 1 saturated carbocycles. The van der Waals surface area contributed by atoms with Crippen LogP contribution < -0.4 is 10.6 Å². The molecule has 2 rings (SSSR count). The predicted molar refractivity (Wildman–Crippen MR) is 77.7 cm³/mol. The third-order valence-electron chi connectivity index (χ3n) is 3.59. The molecule has 1 aliphatic rings. The minimum atomic E-state index is -0.0774. The van der Waals surface area contributed by atoms with Crippen LogP contribution in [0.4, 0.5) is 5.82 Å². The first-order valence-electron chi connectivity index (χ1n) is 6.82. The fraction of sp³-hybridized carbons (Fsp3) is 0.571. The van der Waals surface area contributed by atoms with Crippen molar-refractivity contribution in [1.82, 2.24) is 10.3 Å². The monoisotopic (exact) mass is 281 g/mol. The Balaban J connectivity index is 1.93. The second-order valence-electron chi connectivity index (χ2n) is 5.03. The molecule has 0 saturated heterocycles. The summed E-state index contributed by atoms with van der Waals surface area (Å²) < 4.78 is 0. The maximum Gasteiger partial charge on any atom is 0.251 e. The van der Waals surface area contributed by atoms with E-state index in [4.69, 9.17) is 11.6 Å². The normalized spacial score (nSPS) is 16.1. The van der Waals surface area contributed by atoms with Crippen molar-refractivity contribution in [2.24, 2.45) is 5.92 Å². The van der Waals surface area contributed by atoms with Gasteiger partial charge in [0.1, 0.15) is 11.0 Å². The molecule has 1 fully saturated rings. The number of amides is 1. The van der Waals surface area contributed by atoms with E-state index in [1.54, 1.807) is 19.2 Å². The summed E-state index contributed by atoms with van der Waals surface area (Å²) in [6.45, 7) is 0.758. The third-order valence-corrected chi connectivity index (χ3v) is 3.78. The maximum absolute atomic E-state index is 12.1. The summed E-state index contributed by atoms with van der Waals surface area (Å²) in [5.41, 5.74) is 0.556. The van der Waals surface area contributed by atoms with Crippen LogP contribution >= 0.6 is 11.6 Å². The zero-order chi connectivity index (χ0) is 13.7. The van der Waals surface area contributed by atoms with E-state index in [-0.39, 0.29) is 5.91 Å². The molecule has 4 nitrogen and oxygen atoms in total. The van der Waals surface area contributed by atoms with Crippen LogP contribution in [0.25, 0.3) is 0 Å². The molecule has 1 aromatic heterocycles. The number of carbonyl (C=O) groups is 1. The van der Waals surface area contributed by atoms with Crippen LogP contribution in [0.15, 0.2) is 12.1 Å².